The maximum Gasteiger partial charge on any atom is 0.191 e. The van der Waals surface area contributed by atoms with Gasteiger partial charge in [0.25, 0.3) is 0 Å². The van der Waals surface area contributed by atoms with Crippen molar-refractivity contribution in [1.29, 1.82) is 0 Å². The van der Waals surface area contributed by atoms with E-state index in [4.69, 9.17) is 0 Å². The minimum atomic E-state index is 0.657. The van der Waals surface area contributed by atoms with Crippen LogP contribution in [0.25, 0.3) is 0 Å². The van der Waals surface area contributed by atoms with Crippen LogP contribution in [-0.2, 0) is 0 Å². The van der Waals surface area contributed by atoms with E-state index in [-0.39, 0.29) is 0 Å². The van der Waals surface area contributed by atoms with Gasteiger partial charge in [0.1, 0.15) is 0 Å². The second-order valence-corrected chi connectivity index (χ2v) is 3.94. The molecule has 1 heteroatoms. The van der Waals surface area contributed by atoms with Crippen molar-refractivity contribution in [3.63, 3.8) is 0 Å². The molecule has 0 bridgehead atoms. The second-order valence-electron chi connectivity index (χ2n) is 3.94. The first-order valence-electron chi connectivity index (χ1n) is 4.86. The van der Waals surface area contributed by atoms with E-state index in [9.17, 15) is 0 Å². The fourth-order valence-electron chi connectivity index (χ4n) is 1.40. The molecule has 0 saturated carbocycles. The first-order valence-corrected chi connectivity index (χ1v) is 4.86. The predicted molar refractivity (Wildman–Crippen MR) is 59.7 cm³/mol. The molecule has 68 valence electrons. The third kappa shape index (κ3) is 6.27. The van der Waals surface area contributed by atoms with Gasteiger partial charge in [-0.1, -0.05) is 30.8 Å². The molecule has 0 heterocycles. The Balaban J connectivity index is 4.24. The summed E-state index contributed by atoms with van der Waals surface area (Å²) in [5.41, 5.74) is 2.84. The SMILES string of the molecule is CCCB(C=C(C)C)C=C(C)C. The molecule has 0 aromatic heterocycles. The van der Waals surface area contributed by atoms with Crippen LogP contribution in [0.15, 0.2) is 23.1 Å². The monoisotopic (exact) mass is 164 g/mol. The minimum absolute atomic E-state index is 0.657. The standard InChI is InChI=1S/C11H21B/c1-6-7-12(8-10(2)3)9-11(4)5/h8-9H,6-7H2,1-5H3. The molecule has 0 unspecified atom stereocenters. The van der Waals surface area contributed by atoms with Gasteiger partial charge in [0.05, 0.1) is 0 Å². The first kappa shape index (κ1) is 11.5. The molecule has 0 rings (SSSR count). The number of rotatable bonds is 4. The van der Waals surface area contributed by atoms with E-state index in [0.29, 0.717) is 6.71 Å². The Morgan fingerprint density at radius 1 is 1.00 bits per heavy atom. The molecule has 0 amide bonds. The molecule has 0 nitrogen and oxygen atoms in total. The van der Waals surface area contributed by atoms with Gasteiger partial charge in [-0.25, -0.2) is 0 Å². The van der Waals surface area contributed by atoms with Crippen molar-refractivity contribution >= 4 is 6.71 Å². The third-order valence-electron chi connectivity index (χ3n) is 1.72. The summed E-state index contributed by atoms with van der Waals surface area (Å²) in [7, 11) is 0. The van der Waals surface area contributed by atoms with Crippen molar-refractivity contribution < 1.29 is 0 Å². The van der Waals surface area contributed by atoms with Crippen LogP contribution in [0.1, 0.15) is 41.0 Å². The van der Waals surface area contributed by atoms with Crippen LogP contribution in [-0.4, -0.2) is 6.71 Å². The first-order chi connectivity index (χ1) is 5.56. The van der Waals surface area contributed by atoms with E-state index < -0.39 is 0 Å². The maximum atomic E-state index is 2.36. The molecule has 0 atom stereocenters. The Kier molecular flexibility index (Phi) is 5.87. The number of allylic oxidation sites excluding steroid dienone is 2. The zero-order valence-corrected chi connectivity index (χ0v) is 9.15. The van der Waals surface area contributed by atoms with Crippen LogP contribution < -0.4 is 0 Å². The van der Waals surface area contributed by atoms with Crippen LogP contribution in [0.4, 0.5) is 0 Å². The molecule has 0 spiro atoms. The van der Waals surface area contributed by atoms with Gasteiger partial charge in [-0.3, -0.25) is 0 Å². The largest absolute Gasteiger partial charge is 0.191 e. The highest BCUT2D eigenvalue weighted by molar-refractivity contribution is 6.69. The summed E-state index contributed by atoms with van der Waals surface area (Å²) in [5, 5.41) is 0. The number of hydrogen-bond acceptors (Lipinski definition) is 0. The van der Waals surface area contributed by atoms with Crippen LogP contribution in [0, 0.1) is 0 Å². The molecule has 0 aliphatic carbocycles. The van der Waals surface area contributed by atoms with E-state index in [1.807, 2.05) is 0 Å². The van der Waals surface area contributed by atoms with Crippen molar-refractivity contribution in [1.82, 2.24) is 0 Å². The van der Waals surface area contributed by atoms with E-state index >= 15 is 0 Å². The summed E-state index contributed by atoms with van der Waals surface area (Å²) in [5.74, 6) is 4.72. The van der Waals surface area contributed by atoms with Crippen LogP contribution in [0.5, 0.6) is 0 Å². The lowest BCUT2D eigenvalue weighted by molar-refractivity contribution is 1.07. The Morgan fingerprint density at radius 2 is 1.42 bits per heavy atom. The Hall–Kier alpha value is -0.455. The molecular weight excluding hydrogens is 143 g/mol. The second kappa shape index (κ2) is 6.10. The summed E-state index contributed by atoms with van der Waals surface area (Å²) in [6.45, 7) is 11.6. The third-order valence-corrected chi connectivity index (χ3v) is 1.72. The highest BCUT2D eigenvalue weighted by atomic mass is 13.8. The molecule has 0 saturated heterocycles. The molecule has 0 aliphatic heterocycles. The molecular formula is C11H21B. The lowest BCUT2D eigenvalue weighted by Crippen LogP contribution is -2.06. The highest BCUT2D eigenvalue weighted by Crippen LogP contribution is 2.06. The lowest BCUT2D eigenvalue weighted by Gasteiger charge is -2.03. The van der Waals surface area contributed by atoms with E-state index in [0.717, 1.165) is 0 Å². The lowest BCUT2D eigenvalue weighted by atomic mass is 9.46. The average molecular weight is 164 g/mol. The quantitative estimate of drug-likeness (QED) is 0.552. The molecule has 0 aromatic carbocycles. The average Bonchev–Trinajstić information content (AvgIpc) is 1.84. The van der Waals surface area contributed by atoms with E-state index in [2.05, 4.69) is 46.6 Å². The summed E-state index contributed by atoms with van der Waals surface area (Å²) < 4.78 is 0. The van der Waals surface area contributed by atoms with Gasteiger partial charge in [-0.2, -0.15) is 0 Å². The smallest absolute Gasteiger partial charge is 0.112 e. The Morgan fingerprint density at radius 3 is 1.67 bits per heavy atom. The molecule has 12 heavy (non-hydrogen) atoms. The van der Waals surface area contributed by atoms with Crippen LogP contribution in [0.3, 0.4) is 0 Å². The predicted octanol–water partition coefficient (Wildman–Crippen LogP) is 3.90. The molecule has 0 aromatic rings. The van der Waals surface area contributed by atoms with Crippen molar-refractivity contribution in [2.75, 3.05) is 0 Å². The van der Waals surface area contributed by atoms with Gasteiger partial charge in [-0.05, 0) is 27.7 Å². The van der Waals surface area contributed by atoms with Gasteiger partial charge < -0.3 is 0 Å². The van der Waals surface area contributed by atoms with Crippen molar-refractivity contribution in [3.8, 4) is 0 Å². The van der Waals surface area contributed by atoms with Gasteiger partial charge >= 0.3 is 0 Å². The van der Waals surface area contributed by atoms with Crippen LogP contribution >= 0.6 is 0 Å². The molecule has 0 N–H and O–H groups in total. The fraction of sp³-hybridized carbons (Fsp3) is 0.636. The zero-order chi connectivity index (χ0) is 9.56. The van der Waals surface area contributed by atoms with Crippen LogP contribution in [0.2, 0.25) is 6.32 Å². The summed E-state index contributed by atoms with van der Waals surface area (Å²) in [4.78, 5) is 0. The highest BCUT2D eigenvalue weighted by Gasteiger charge is 2.04. The minimum Gasteiger partial charge on any atom is -0.112 e. The molecule has 0 fully saturated rings. The van der Waals surface area contributed by atoms with Crippen molar-refractivity contribution in [2.45, 2.75) is 47.4 Å². The fourth-order valence-corrected chi connectivity index (χ4v) is 1.40. The van der Waals surface area contributed by atoms with Gasteiger partial charge in [-0.15, -0.1) is 12.0 Å². The maximum absolute atomic E-state index is 2.36. The van der Waals surface area contributed by atoms with Gasteiger partial charge in [0, 0.05) is 0 Å². The van der Waals surface area contributed by atoms with Crippen molar-refractivity contribution in [3.05, 3.63) is 23.1 Å². The summed E-state index contributed by atoms with van der Waals surface area (Å²) in [6, 6.07) is 0. The summed E-state index contributed by atoms with van der Waals surface area (Å²) >= 11 is 0. The topological polar surface area (TPSA) is 0 Å². The van der Waals surface area contributed by atoms with E-state index in [1.54, 1.807) is 0 Å². The van der Waals surface area contributed by atoms with Gasteiger partial charge in [0.15, 0.2) is 6.71 Å². The van der Waals surface area contributed by atoms with Gasteiger partial charge in [0.2, 0.25) is 0 Å². The molecule has 0 aliphatic rings. The Bertz CT molecular complexity index is 151. The normalized spacial score (nSPS) is 9.08. The Labute approximate surface area is 77.8 Å². The van der Waals surface area contributed by atoms with Crippen molar-refractivity contribution in [2.24, 2.45) is 0 Å². The molecule has 0 radical (unpaired) electrons. The van der Waals surface area contributed by atoms with E-state index in [1.165, 1.54) is 23.9 Å². The number of hydrogen-bond donors (Lipinski definition) is 0. The summed E-state index contributed by atoms with van der Waals surface area (Å²) in [6.07, 6.45) is 2.54. The zero-order valence-electron chi connectivity index (χ0n) is 9.15.